The van der Waals surface area contributed by atoms with Gasteiger partial charge in [-0.3, -0.25) is 4.79 Å². The molecule has 0 atom stereocenters. The van der Waals surface area contributed by atoms with E-state index < -0.39 is 17.8 Å². The lowest BCUT2D eigenvalue weighted by Crippen LogP contribution is -2.38. The van der Waals surface area contributed by atoms with E-state index in [1.165, 1.54) is 24.3 Å². The summed E-state index contributed by atoms with van der Waals surface area (Å²) in [5, 5.41) is 11.1. The van der Waals surface area contributed by atoms with Crippen LogP contribution in [0.15, 0.2) is 41.0 Å². The summed E-state index contributed by atoms with van der Waals surface area (Å²) in [6.45, 7) is 0.0988. The number of nitrogens with one attached hydrogen (secondary N) is 1. The van der Waals surface area contributed by atoms with Crippen LogP contribution >= 0.6 is 0 Å². The summed E-state index contributed by atoms with van der Waals surface area (Å²) in [4.78, 5) is 23.5. The highest BCUT2D eigenvalue weighted by atomic mass is 19.1. The van der Waals surface area contributed by atoms with Gasteiger partial charge in [-0.2, -0.15) is 0 Å². The van der Waals surface area contributed by atoms with E-state index in [1.54, 1.807) is 24.3 Å². The number of furan rings is 1. The minimum absolute atomic E-state index is 0.0144. The first kappa shape index (κ1) is 16.5. The number of carbonyl (C=O) groups is 2. The first-order valence-electron chi connectivity index (χ1n) is 7.00. The zero-order valence-electron chi connectivity index (χ0n) is 12.6. The minimum Gasteiger partial charge on any atom is -0.481 e. The molecule has 2 rings (SSSR count). The molecule has 0 saturated carbocycles. The van der Waals surface area contributed by atoms with Crippen LogP contribution in [0.2, 0.25) is 0 Å². The maximum absolute atomic E-state index is 14.1. The lowest BCUT2D eigenvalue weighted by atomic mass is 10.1. The van der Waals surface area contributed by atoms with Gasteiger partial charge in [0, 0.05) is 31.3 Å². The Balaban J connectivity index is 1.93. The van der Waals surface area contributed by atoms with Crippen molar-refractivity contribution in [2.24, 2.45) is 0 Å². The quantitative estimate of drug-likeness (QED) is 0.857. The molecule has 0 radical (unpaired) electrons. The van der Waals surface area contributed by atoms with Gasteiger partial charge in [0.25, 0.3) is 0 Å². The Morgan fingerprint density at radius 1 is 1.35 bits per heavy atom. The summed E-state index contributed by atoms with van der Waals surface area (Å²) >= 11 is 0. The molecular weight excluding hydrogens is 303 g/mol. The van der Waals surface area contributed by atoms with Crippen molar-refractivity contribution in [2.75, 3.05) is 13.6 Å². The Bertz CT molecular complexity index is 685. The van der Waals surface area contributed by atoms with E-state index in [9.17, 15) is 14.0 Å². The number of urea groups is 1. The Morgan fingerprint density at radius 2 is 2.13 bits per heavy atom. The number of rotatable bonds is 6. The number of carboxylic acid groups (broad SMARTS) is 1. The number of nitrogens with zero attached hydrogens (tertiary/aromatic N) is 1. The van der Waals surface area contributed by atoms with E-state index in [1.807, 2.05) is 0 Å². The summed E-state index contributed by atoms with van der Waals surface area (Å²) in [7, 11) is 1.48. The van der Waals surface area contributed by atoms with E-state index in [0.717, 1.165) is 0 Å². The third kappa shape index (κ3) is 4.57. The highest BCUT2D eigenvalue weighted by Gasteiger charge is 2.12. The van der Waals surface area contributed by atoms with Crippen LogP contribution in [0, 0.1) is 5.82 Å². The maximum Gasteiger partial charge on any atom is 0.317 e. The summed E-state index contributed by atoms with van der Waals surface area (Å²) in [6, 6.07) is 7.61. The topological polar surface area (TPSA) is 82.8 Å². The number of benzene rings is 1. The SMILES string of the molecule is CN(CCC(=O)O)C(=O)NCc1ccc(-c2ccco2)cc1F. The predicted molar refractivity (Wildman–Crippen MR) is 81.2 cm³/mol. The van der Waals surface area contributed by atoms with Gasteiger partial charge >= 0.3 is 12.0 Å². The van der Waals surface area contributed by atoms with Crippen LogP contribution in [0.5, 0.6) is 0 Å². The van der Waals surface area contributed by atoms with Gasteiger partial charge in [-0.1, -0.05) is 12.1 Å². The normalized spacial score (nSPS) is 10.3. The molecule has 2 amide bonds. The van der Waals surface area contributed by atoms with Gasteiger partial charge < -0.3 is 19.7 Å². The summed E-state index contributed by atoms with van der Waals surface area (Å²) in [6.07, 6.45) is 1.37. The summed E-state index contributed by atoms with van der Waals surface area (Å²) in [5.41, 5.74) is 0.946. The predicted octanol–water partition coefficient (Wildman–Crippen LogP) is 2.70. The number of amides is 2. The van der Waals surface area contributed by atoms with Crippen molar-refractivity contribution < 1.29 is 23.5 Å². The van der Waals surface area contributed by atoms with Crippen LogP contribution in [-0.2, 0) is 11.3 Å². The Kier molecular flexibility index (Phi) is 5.35. The van der Waals surface area contributed by atoms with Crippen molar-refractivity contribution in [3.05, 3.63) is 48.0 Å². The Morgan fingerprint density at radius 3 is 2.74 bits per heavy atom. The summed E-state index contributed by atoms with van der Waals surface area (Å²) in [5.74, 6) is -0.871. The van der Waals surface area contributed by atoms with E-state index in [2.05, 4.69) is 5.32 Å². The molecule has 2 aromatic rings. The molecule has 0 spiro atoms. The summed E-state index contributed by atoms with van der Waals surface area (Å²) < 4.78 is 19.3. The molecule has 122 valence electrons. The van der Waals surface area contributed by atoms with Gasteiger partial charge in [-0.25, -0.2) is 9.18 Å². The van der Waals surface area contributed by atoms with Crippen LogP contribution in [0.4, 0.5) is 9.18 Å². The number of halogens is 1. The molecule has 0 aliphatic heterocycles. The van der Waals surface area contributed by atoms with Gasteiger partial charge in [0.15, 0.2) is 0 Å². The molecule has 1 aromatic heterocycles. The van der Waals surface area contributed by atoms with Gasteiger partial charge in [-0.15, -0.1) is 0 Å². The number of hydrogen-bond donors (Lipinski definition) is 2. The van der Waals surface area contributed by atoms with Crippen LogP contribution in [0.1, 0.15) is 12.0 Å². The Labute approximate surface area is 132 Å². The second kappa shape index (κ2) is 7.44. The van der Waals surface area contributed by atoms with Crippen molar-refractivity contribution in [1.82, 2.24) is 10.2 Å². The van der Waals surface area contributed by atoms with Gasteiger partial charge in [0.1, 0.15) is 11.6 Å². The van der Waals surface area contributed by atoms with Crippen molar-refractivity contribution in [3.8, 4) is 11.3 Å². The standard InChI is InChI=1S/C16H17FN2O4/c1-19(7-6-15(20)21)16(22)18-10-12-5-4-11(9-13(12)17)14-3-2-8-23-14/h2-5,8-9H,6-7,10H2,1H3,(H,18,22)(H,20,21). The molecule has 0 saturated heterocycles. The van der Waals surface area contributed by atoms with Crippen molar-refractivity contribution in [2.45, 2.75) is 13.0 Å². The van der Waals surface area contributed by atoms with Crippen molar-refractivity contribution >= 4 is 12.0 Å². The number of carbonyl (C=O) groups excluding carboxylic acids is 1. The van der Waals surface area contributed by atoms with E-state index >= 15 is 0 Å². The van der Waals surface area contributed by atoms with Gasteiger partial charge in [0.05, 0.1) is 12.7 Å². The fourth-order valence-corrected chi connectivity index (χ4v) is 1.96. The molecule has 1 heterocycles. The Hall–Kier alpha value is -2.83. The second-order valence-electron chi connectivity index (χ2n) is 5.01. The van der Waals surface area contributed by atoms with E-state index in [4.69, 9.17) is 9.52 Å². The molecular formula is C16H17FN2O4. The average Bonchev–Trinajstić information content (AvgIpc) is 3.05. The second-order valence-corrected chi connectivity index (χ2v) is 5.01. The number of hydrogen-bond acceptors (Lipinski definition) is 3. The number of carboxylic acids is 1. The third-order valence-electron chi connectivity index (χ3n) is 3.30. The molecule has 0 bridgehead atoms. The van der Waals surface area contributed by atoms with E-state index in [-0.39, 0.29) is 19.5 Å². The zero-order valence-corrected chi connectivity index (χ0v) is 12.6. The maximum atomic E-state index is 14.1. The molecule has 7 heteroatoms. The molecule has 0 unspecified atom stereocenters. The molecule has 0 fully saturated rings. The highest BCUT2D eigenvalue weighted by molar-refractivity contribution is 5.75. The monoisotopic (exact) mass is 320 g/mol. The number of aliphatic carboxylic acids is 1. The molecule has 1 aromatic carbocycles. The molecule has 0 aliphatic rings. The van der Waals surface area contributed by atoms with Crippen LogP contribution in [0.25, 0.3) is 11.3 Å². The van der Waals surface area contributed by atoms with Gasteiger partial charge in [-0.05, 0) is 18.2 Å². The molecule has 0 aliphatic carbocycles. The minimum atomic E-state index is -0.982. The fourth-order valence-electron chi connectivity index (χ4n) is 1.96. The largest absolute Gasteiger partial charge is 0.481 e. The molecule has 23 heavy (non-hydrogen) atoms. The van der Waals surface area contributed by atoms with Crippen LogP contribution < -0.4 is 5.32 Å². The lowest BCUT2D eigenvalue weighted by Gasteiger charge is -2.17. The molecule has 2 N–H and O–H groups in total. The molecule has 6 nitrogen and oxygen atoms in total. The average molecular weight is 320 g/mol. The smallest absolute Gasteiger partial charge is 0.317 e. The van der Waals surface area contributed by atoms with Gasteiger partial charge in [0.2, 0.25) is 0 Å². The van der Waals surface area contributed by atoms with Crippen LogP contribution in [0.3, 0.4) is 0 Å². The fraction of sp³-hybridized carbons (Fsp3) is 0.250. The van der Waals surface area contributed by atoms with Crippen molar-refractivity contribution in [3.63, 3.8) is 0 Å². The lowest BCUT2D eigenvalue weighted by molar-refractivity contribution is -0.137. The third-order valence-corrected chi connectivity index (χ3v) is 3.30. The van der Waals surface area contributed by atoms with Crippen molar-refractivity contribution in [1.29, 1.82) is 0 Å². The van der Waals surface area contributed by atoms with Crippen LogP contribution in [-0.4, -0.2) is 35.6 Å². The highest BCUT2D eigenvalue weighted by Crippen LogP contribution is 2.22. The zero-order chi connectivity index (χ0) is 16.8. The van der Waals surface area contributed by atoms with E-state index in [0.29, 0.717) is 16.9 Å². The first-order chi connectivity index (χ1) is 11.0. The first-order valence-corrected chi connectivity index (χ1v) is 7.00.